The maximum absolute atomic E-state index is 13.0. The van der Waals surface area contributed by atoms with Crippen molar-refractivity contribution in [1.29, 1.82) is 0 Å². The molecule has 13 nitrogen and oxygen atoms in total. The van der Waals surface area contributed by atoms with Gasteiger partial charge >= 0.3 is 10.4 Å². The first-order valence-electron chi connectivity index (χ1n) is 20.1. The second-order valence-corrected chi connectivity index (χ2v) is 15.1. The maximum atomic E-state index is 13.0. The van der Waals surface area contributed by atoms with Crippen LogP contribution in [0.2, 0.25) is 0 Å². The lowest BCUT2D eigenvalue weighted by molar-refractivity contribution is -0.298. The summed E-state index contributed by atoms with van der Waals surface area (Å²) in [5, 5.41) is 54.8. The fraction of sp³-hybridized carbons (Fsp3) is 0.775. The number of amides is 1. The van der Waals surface area contributed by atoms with E-state index in [1.165, 1.54) is 51.0 Å². The minimum Gasteiger partial charge on any atom is -0.394 e. The zero-order valence-electron chi connectivity index (χ0n) is 32.6. The van der Waals surface area contributed by atoms with Crippen molar-refractivity contribution in [3.63, 3.8) is 0 Å². The molecular weight excluding hydrogens is 719 g/mol. The number of unbranched alkanes of at least 4 members (excludes halogenated alkanes) is 14. The summed E-state index contributed by atoms with van der Waals surface area (Å²) in [7, 11) is -5.12. The predicted octanol–water partition coefficient (Wildman–Crippen LogP) is 5.51. The van der Waals surface area contributed by atoms with Crippen LogP contribution in [0.4, 0.5) is 0 Å². The van der Waals surface area contributed by atoms with E-state index in [1.54, 1.807) is 6.08 Å². The first-order chi connectivity index (χ1) is 25.9. The normalized spacial score (nSPS) is 22.9. The largest absolute Gasteiger partial charge is 0.397 e. The zero-order chi connectivity index (χ0) is 40.0. The Morgan fingerprint density at radius 3 is 1.93 bits per heavy atom. The van der Waals surface area contributed by atoms with Crippen LogP contribution in [0, 0.1) is 0 Å². The number of aliphatic hydroxyl groups excluding tert-OH is 5. The lowest BCUT2D eigenvalue weighted by Gasteiger charge is -2.41. The van der Waals surface area contributed by atoms with Crippen molar-refractivity contribution in [2.24, 2.45) is 0 Å². The molecule has 54 heavy (non-hydrogen) atoms. The third-order valence-corrected chi connectivity index (χ3v) is 9.68. The molecule has 1 heterocycles. The van der Waals surface area contributed by atoms with E-state index >= 15 is 0 Å². The van der Waals surface area contributed by atoms with Crippen LogP contribution >= 0.6 is 0 Å². The van der Waals surface area contributed by atoms with Crippen molar-refractivity contribution in [1.82, 2.24) is 5.32 Å². The fourth-order valence-electron chi connectivity index (χ4n) is 5.93. The van der Waals surface area contributed by atoms with Gasteiger partial charge < -0.3 is 40.3 Å². The number of aliphatic hydroxyl groups is 5. The van der Waals surface area contributed by atoms with E-state index in [2.05, 4.69) is 59.8 Å². The van der Waals surface area contributed by atoms with Crippen LogP contribution in [-0.4, -0.2) is 107 Å². The highest BCUT2D eigenvalue weighted by Gasteiger charge is 2.48. The van der Waals surface area contributed by atoms with Gasteiger partial charge in [0.15, 0.2) is 6.29 Å². The summed E-state index contributed by atoms with van der Waals surface area (Å²) in [6.45, 7) is 3.09. The van der Waals surface area contributed by atoms with E-state index in [-0.39, 0.29) is 6.42 Å². The first-order valence-corrected chi connectivity index (χ1v) is 21.5. The summed E-state index contributed by atoms with van der Waals surface area (Å²) in [4.78, 5) is 13.0. The van der Waals surface area contributed by atoms with Gasteiger partial charge in [0.05, 0.1) is 25.4 Å². The minimum absolute atomic E-state index is 0.216. The Bertz CT molecular complexity index is 1180. The lowest BCUT2D eigenvalue weighted by atomic mass is 9.99. The van der Waals surface area contributed by atoms with Crippen molar-refractivity contribution in [2.75, 3.05) is 13.2 Å². The highest BCUT2D eigenvalue weighted by Crippen LogP contribution is 2.26. The average Bonchev–Trinajstić information content (AvgIpc) is 3.14. The zero-order valence-corrected chi connectivity index (χ0v) is 33.4. The average molecular weight is 790 g/mol. The summed E-state index contributed by atoms with van der Waals surface area (Å²) in [5.41, 5.74) is 0. The molecule has 1 fully saturated rings. The molecule has 0 aromatic carbocycles. The molecule has 1 aliphatic rings. The third kappa shape index (κ3) is 23.8. The number of ether oxygens (including phenoxy) is 2. The number of hydrogen-bond donors (Lipinski definition) is 7. The van der Waals surface area contributed by atoms with Crippen molar-refractivity contribution in [3.05, 3.63) is 48.6 Å². The number of carbonyl (C=O) groups excluding carboxylic acids is 1. The van der Waals surface area contributed by atoms with Crippen LogP contribution in [0.15, 0.2) is 48.6 Å². The quantitative estimate of drug-likeness (QED) is 0.0195. The lowest BCUT2D eigenvalue weighted by Crippen LogP contribution is -2.61. The van der Waals surface area contributed by atoms with Gasteiger partial charge in [-0.1, -0.05) is 127 Å². The molecule has 7 N–H and O–H groups in total. The van der Waals surface area contributed by atoms with Gasteiger partial charge in [0.1, 0.15) is 30.5 Å². The second-order valence-electron chi connectivity index (χ2n) is 14.0. The SMILES string of the molecule is CCCCC/C=C\C=C/CCCCCCCC(O)C(=O)NC(COC1OC(CO)C(O)C(OS(=O)(=O)O)C1O)C(O)/C=C/CC/C=C/CCCCCCC. The van der Waals surface area contributed by atoms with E-state index in [0.717, 1.165) is 57.8 Å². The molecule has 0 radical (unpaired) electrons. The Morgan fingerprint density at radius 2 is 1.30 bits per heavy atom. The number of hydrogen-bond acceptors (Lipinski definition) is 11. The van der Waals surface area contributed by atoms with Gasteiger partial charge in [0, 0.05) is 0 Å². The van der Waals surface area contributed by atoms with E-state index in [4.69, 9.17) is 14.0 Å². The highest BCUT2D eigenvalue weighted by atomic mass is 32.3. The van der Waals surface area contributed by atoms with E-state index < -0.39 is 78.5 Å². The molecule has 0 aliphatic carbocycles. The molecule has 0 bridgehead atoms. The van der Waals surface area contributed by atoms with Gasteiger partial charge in [-0.25, -0.2) is 4.18 Å². The number of rotatable bonds is 32. The summed E-state index contributed by atoms with van der Waals surface area (Å²) >= 11 is 0. The smallest absolute Gasteiger partial charge is 0.394 e. The monoisotopic (exact) mass is 789 g/mol. The van der Waals surface area contributed by atoms with Crippen molar-refractivity contribution in [3.8, 4) is 0 Å². The summed E-state index contributed by atoms with van der Waals surface area (Å²) in [6, 6.07) is -1.14. The molecule has 0 aromatic heterocycles. The molecule has 314 valence electrons. The number of carbonyl (C=O) groups is 1. The van der Waals surface area contributed by atoms with Gasteiger partial charge in [0.25, 0.3) is 0 Å². The Labute approximate surface area is 324 Å². The Morgan fingerprint density at radius 1 is 0.759 bits per heavy atom. The molecule has 14 heteroatoms. The fourth-order valence-corrected chi connectivity index (χ4v) is 6.44. The Kier molecular flexibility index (Phi) is 28.9. The predicted molar refractivity (Wildman–Crippen MR) is 210 cm³/mol. The van der Waals surface area contributed by atoms with Crippen LogP contribution in [0.25, 0.3) is 0 Å². The van der Waals surface area contributed by atoms with Gasteiger partial charge in [-0.05, 0) is 57.8 Å². The molecule has 1 saturated heterocycles. The van der Waals surface area contributed by atoms with Gasteiger partial charge in [-0.15, -0.1) is 0 Å². The van der Waals surface area contributed by atoms with Crippen molar-refractivity contribution < 1.29 is 57.0 Å². The molecule has 0 saturated carbocycles. The van der Waals surface area contributed by atoms with Crippen molar-refractivity contribution in [2.45, 2.75) is 185 Å². The topological polar surface area (TPSA) is 212 Å². The number of allylic oxidation sites excluding steroid dienone is 7. The van der Waals surface area contributed by atoms with Crippen LogP contribution in [0.3, 0.4) is 0 Å². The number of nitrogens with one attached hydrogen (secondary N) is 1. The Balaban J connectivity index is 2.71. The minimum atomic E-state index is -5.12. The van der Waals surface area contributed by atoms with E-state index in [0.29, 0.717) is 12.8 Å². The van der Waals surface area contributed by atoms with Crippen LogP contribution in [-0.2, 0) is 28.9 Å². The van der Waals surface area contributed by atoms with Gasteiger partial charge in [0.2, 0.25) is 5.91 Å². The molecule has 8 unspecified atom stereocenters. The molecule has 0 aromatic rings. The van der Waals surface area contributed by atoms with Crippen LogP contribution < -0.4 is 5.32 Å². The van der Waals surface area contributed by atoms with Crippen molar-refractivity contribution >= 4 is 16.3 Å². The second kappa shape index (κ2) is 31.1. The molecule has 8 atom stereocenters. The molecule has 0 spiro atoms. The molecule has 1 amide bonds. The van der Waals surface area contributed by atoms with E-state index in [9.17, 15) is 38.7 Å². The highest BCUT2D eigenvalue weighted by molar-refractivity contribution is 7.80. The standard InChI is InChI=1S/C40H71NO12S/c1-3-5-7-9-11-13-15-16-17-19-21-23-25-27-29-34(44)39(47)41-32(33(43)28-26-24-22-20-18-14-12-10-8-6-4-2)31-51-40-37(46)38(53-54(48,49)50)36(45)35(30-42)52-40/h11,13,15-16,18,20,26,28,32-38,40,42-46H,3-10,12,14,17,19,21-25,27,29-31H2,1-2H3,(H,41,47)(H,48,49,50)/b13-11-,16-15-,20-18+,28-26+. The maximum Gasteiger partial charge on any atom is 0.397 e. The van der Waals surface area contributed by atoms with Crippen LogP contribution in [0.1, 0.15) is 136 Å². The molecule has 1 aliphatic heterocycles. The summed E-state index contributed by atoms with van der Waals surface area (Å²) < 4.78 is 47.3. The van der Waals surface area contributed by atoms with Gasteiger partial charge in [-0.3, -0.25) is 9.35 Å². The van der Waals surface area contributed by atoms with Gasteiger partial charge in [-0.2, -0.15) is 8.42 Å². The molecular formula is C40H71NO12S. The summed E-state index contributed by atoms with van der Waals surface area (Å²) in [6.07, 6.45) is 23.5. The first kappa shape index (κ1) is 50.0. The summed E-state index contributed by atoms with van der Waals surface area (Å²) in [5.74, 6) is -0.729. The van der Waals surface area contributed by atoms with Crippen LogP contribution in [0.5, 0.6) is 0 Å². The van der Waals surface area contributed by atoms with E-state index in [1.807, 2.05) is 0 Å². The molecule has 1 rings (SSSR count). The third-order valence-electron chi connectivity index (χ3n) is 9.22. The Hall–Kier alpha value is -1.98.